The molecule has 0 saturated carbocycles. The highest BCUT2D eigenvalue weighted by atomic mass is 35.5. The number of likely N-dealkylation sites (tertiary alicyclic amines) is 1. The van der Waals surface area contributed by atoms with E-state index >= 15 is 0 Å². The minimum Gasteiger partial charge on any atom is -0.459 e. The van der Waals surface area contributed by atoms with E-state index in [-0.39, 0.29) is 34.0 Å². The van der Waals surface area contributed by atoms with Gasteiger partial charge in [-0.25, -0.2) is 9.69 Å². The van der Waals surface area contributed by atoms with Crippen LogP contribution < -0.4 is 10.2 Å². The Kier molecular flexibility index (Phi) is 7.74. The third-order valence-corrected chi connectivity index (χ3v) is 6.36. The van der Waals surface area contributed by atoms with Gasteiger partial charge < -0.3 is 15.0 Å². The molecule has 8 nitrogen and oxygen atoms in total. The zero-order chi connectivity index (χ0) is 25.8. The molecule has 188 valence electrons. The second kappa shape index (κ2) is 11.0. The Bertz CT molecular complexity index is 1210. The second-order valence-electron chi connectivity index (χ2n) is 9.05. The number of imide groups is 1. The minimum absolute atomic E-state index is 0.0186. The van der Waals surface area contributed by atoms with Crippen molar-refractivity contribution in [1.29, 1.82) is 0 Å². The number of benzene rings is 2. The molecule has 4 rings (SSSR count). The van der Waals surface area contributed by atoms with E-state index in [4.69, 9.17) is 16.3 Å². The van der Waals surface area contributed by atoms with E-state index in [0.717, 1.165) is 43.7 Å². The summed E-state index contributed by atoms with van der Waals surface area (Å²) in [5.41, 5.74) is 1.40. The standard InChI is InChI=1S/C27H28ClN3O5/c1-17(2)36-27(35)19-8-7-9-21(16-19)31-25(33)22(28)23(26(31)34)29-20-12-10-18(11-13-20)24(32)30-14-5-3-4-6-15-30/h7-13,16-17,29H,3-6,14-15H2,1-2H3. The molecule has 2 aromatic carbocycles. The van der Waals surface area contributed by atoms with Crippen LogP contribution in [-0.4, -0.2) is 47.8 Å². The van der Waals surface area contributed by atoms with Gasteiger partial charge in [0, 0.05) is 24.3 Å². The van der Waals surface area contributed by atoms with Crippen LogP contribution in [0.4, 0.5) is 11.4 Å². The van der Waals surface area contributed by atoms with Crippen LogP contribution >= 0.6 is 11.6 Å². The minimum atomic E-state index is -0.702. The van der Waals surface area contributed by atoms with Gasteiger partial charge in [0.05, 0.1) is 17.4 Å². The SMILES string of the molecule is CC(C)OC(=O)c1cccc(N2C(=O)C(Cl)=C(Nc3ccc(C(=O)N4CCCCCC4)cc3)C2=O)c1. The van der Waals surface area contributed by atoms with Crippen LogP contribution in [0.1, 0.15) is 60.2 Å². The quantitative estimate of drug-likeness (QED) is 0.448. The molecule has 0 aromatic heterocycles. The molecule has 2 heterocycles. The van der Waals surface area contributed by atoms with Crippen molar-refractivity contribution in [2.24, 2.45) is 0 Å². The number of nitrogens with zero attached hydrogens (tertiary/aromatic N) is 2. The average molecular weight is 510 g/mol. The number of hydrogen-bond donors (Lipinski definition) is 1. The summed E-state index contributed by atoms with van der Waals surface area (Å²) in [6.45, 7) is 4.97. The Morgan fingerprint density at radius 1 is 0.917 bits per heavy atom. The third-order valence-electron chi connectivity index (χ3n) is 6.00. The summed E-state index contributed by atoms with van der Waals surface area (Å²) >= 11 is 6.24. The number of nitrogens with one attached hydrogen (secondary N) is 1. The molecular weight excluding hydrogens is 482 g/mol. The predicted molar refractivity (Wildman–Crippen MR) is 137 cm³/mol. The summed E-state index contributed by atoms with van der Waals surface area (Å²) < 4.78 is 5.20. The van der Waals surface area contributed by atoms with Gasteiger partial charge in [0.25, 0.3) is 17.7 Å². The molecule has 9 heteroatoms. The Morgan fingerprint density at radius 3 is 2.22 bits per heavy atom. The lowest BCUT2D eigenvalue weighted by molar-refractivity contribution is -0.120. The first-order valence-corrected chi connectivity index (χ1v) is 12.4. The number of rotatable bonds is 6. The highest BCUT2D eigenvalue weighted by Gasteiger charge is 2.39. The van der Waals surface area contributed by atoms with Crippen LogP contribution in [0.5, 0.6) is 0 Å². The monoisotopic (exact) mass is 509 g/mol. The first-order chi connectivity index (χ1) is 17.3. The third kappa shape index (κ3) is 5.44. The molecule has 0 spiro atoms. The number of carbonyl (C=O) groups is 4. The van der Waals surface area contributed by atoms with E-state index in [9.17, 15) is 19.2 Å². The molecule has 3 amide bonds. The van der Waals surface area contributed by atoms with E-state index in [1.807, 2.05) is 4.90 Å². The van der Waals surface area contributed by atoms with Gasteiger partial charge in [0.1, 0.15) is 10.7 Å². The topological polar surface area (TPSA) is 96.0 Å². The molecule has 0 bridgehead atoms. The fraction of sp³-hybridized carbons (Fsp3) is 0.333. The van der Waals surface area contributed by atoms with Crippen molar-refractivity contribution in [1.82, 2.24) is 4.90 Å². The van der Waals surface area contributed by atoms with Crippen molar-refractivity contribution < 1.29 is 23.9 Å². The lowest BCUT2D eigenvalue weighted by Crippen LogP contribution is -2.32. The first-order valence-electron chi connectivity index (χ1n) is 12.0. The number of amides is 3. The smallest absolute Gasteiger partial charge is 0.338 e. The van der Waals surface area contributed by atoms with E-state index in [2.05, 4.69) is 5.32 Å². The van der Waals surface area contributed by atoms with E-state index in [1.54, 1.807) is 50.2 Å². The summed E-state index contributed by atoms with van der Waals surface area (Å²) in [4.78, 5) is 53.8. The van der Waals surface area contributed by atoms with Crippen molar-refractivity contribution in [3.8, 4) is 0 Å². The lowest BCUT2D eigenvalue weighted by Gasteiger charge is -2.20. The van der Waals surface area contributed by atoms with Gasteiger partial charge >= 0.3 is 5.97 Å². The molecule has 0 radical (unpaired) electrons. The maximum absolute atomic E-state index is 13.1. The van der Waals surface area contributed by atoms with Crippen molar-refractivity contribution in [2.45, 2.75) is 45.6 Å². The molecule has 1 saturated heterocycles. The summed E-state index contributed by atoms with van der Waals surface area (Å²) in [5, 5.41) is 2.64. The Hall–Kier alpha value is -3.65. The summed E-state index contributed by atoms with van der Waals surface area (Å²) in [7, 11) is 0. The molecule has 0 unspecified atom stereocenters. The summed E-state index contributed by atoms with van der Waals surface area (Å²) in [6, 6.07) is 12.8. The van der Waals surface area contributed by atoms with Gasteiger partial charge in [0.2, 0.25) is 0 Å². The van der Waals surface area contributed by atoms with E-state index in [0.29, 0.717) is 11.3 Å². The van der Waals surface area contributed by atoms with Crippen LogP contribution in [0.25, 0.3) is 0 Å². The zero-order valence-electron chi connectivity index (χ0n) is 20.3. The highest BCUT2D eigenvalue weighted by Crippen LogP contribution is 2.31. The Morgan fingerprint density at radius 2 is 1.58 bits per heavy atom. The molecule has 0 aliphatic carbocycles. The second-order valence-corrected chi connectivity index (χ2v) is 9.43. The molecule has 1 N–H and O–H groups in total. The van der Waals surface area contributed by atoms with Gasteiger partial charge in [-0.3, -0.25) is 14.4 Å². The fourth-order valence-corrected chi connectivity index (χ4v) is 4.41. The van der Waals surface area contributed by atoms with Gasteiger partial charge in [-0.2, -0.15) is 0 Å². The average Bonchev–Trinajstić information content (AvgIpc) is 3.06. The highest BCUT2D eigenvalue weighted by molar-refractivity contribution is 6.53. The number of esters is 1. The normalized spacial score (nSPS) is 16.4. The van der Waals surface area contributed by atoms with Crippen LogP contribution in [0.3, 0.4) is 0 Å². The molecular formula is C27H28ClN3O5. The number of anilines is 2. The van der Waals surface area contributed by atoms with Crippen LogP contribution in [0, 0.1) is 0 Å². The molecule has 2 aliphatic rings. The Labute approximate surface area is 214 Å². The molecule has 36 heavy (non-hydrogen) atoms. The van der Waals surface area contributed by atoms with Gasteiger partial charge in [-0.05, 0) is 69.2 Å². The van der Waals surface area contributed by atoms with Crippen molar-refractivity contribution >= 4 is 46.7 Å². The first kappa shape index (κ1) is 25.4. The summed E-state index contributed by atoms with van der Waals surface area (Å²) in [5.74, 6) is -1.93. The van der Waals surface area contributed by atoms with E-state index in [1.165, 1.54) is 12.1 Å². The van der Waals surface area contributed by atoms with Gasteiger partial charge in [0.15, 0.2) is 0 Å². The zero-order valence-corrected chi connectivity index (χ0v) is 21.0. The number of carbonyl (C=O) groups excluding carboxylic acids is 4. The summed E-state index contributed by atoms with van der Waals surface area (Å²) in [6.07, 6.45) is 3.98. The van der Waals surface area contributed by atoms with E-state index < -0.39 is 17.8 Å². The number of hydrogen-bond acceptors (Lipinski definition) is 6. The van der Waals surface area contributed by atoms with Crippen LogP contribution in [-0.2, 0) is 14.3 Å². The number of ether oxygens (including phenoxy) is 1. The maximum atomic E-state index is 13.1. The van der Waals surface area contributed by atoms with Crippen LogP contribution in [0.2, 0.25) is 0 Å². The van der Waals surface area contributed by atoms with Crippen molar-refractivity contribution in [3.05, 3.63) is 70.4 Å². The van der Waals surface area contributed by atoms with Crippen molar-refractivity contribution in [2.75, 3.05) is 23.3 Å². The predicted octanol–water partition coefficient (Wildman–Crippen LogP) is 4.70. The lowest BCUT2D eigenvalue weighted by atomic mass is 10.1. The molecule has 2 aromatic rings. The van der Waals surface area contributed by atoms with Gasteiger partial charge in [-0.15, -0.1) is 0 Å². The van der Waals surface area contributed by atoms with Gasteiger partial charge in [-0.1, -0.05) is 30.5 Å². The fourth-order valence-electron chi connectivity index (χ4n) is 4.20. The molecule has 2 aliphatic heterocycles. The van der Waals surface area contributed by atoms with Crippen LogP contribution in [0.15, 0.2) is 59.3 Å². The largest absolute Gasteiger partial charge is 0.459 e. The maximum Gasteiger partial charge on any atom is 0.338 e. The number of halogens is 1. The molecule has 0 atom stereocenters. The Balaban J connectivity index is 1.48. The molecule has 1 fully saturated rings. The van der Waals surface area contributed by atoms with Crippen molar-refractivity contribution in [3.63, 3.8) is 0 Å².